The first-order valence-corrected chi connectivity index (χ1v) is 13.8. The summed E-state index contributed by atoms with van der Waals surface area (Å²) in [4.78, 5) is 13.9. The number of nitrogens with two attached hydrogens (primary N) is 1. The number of benzene rings is 2. The molecule has 1 aliphatic heterocycles. The summed E-state index contributed by atoms with van der Waals surface area (Å²) in [7, 11) is -1.87. The Hall–Kier alpha value is -2.48. The Morgan fingerprint density at radius 1 is 1.18 bits per heavy atom. The second kappa shape index (κ2) is 11.3. The van der Waals surface area contributed by atoms with Crippen molar-refractivity contribution >= 4 is 36.2 Å². The van der Waals surface area contributed by atoms with Gasteiger partial charge in [-0.05, 0) is 65.6 Å². The minimum absolute atomic E-state index is 0.143. The molecule has 0 aliphatic carbocycles. The minimum Gasteiger partial charge on any atom is -0.397 e. The van der Waals surface area contributed by atoms with Gasteiger partial charge in [-0.3, -0.25) is 9.36 Å². The molecule has 7 nitrogen and oxygen atoms in total. The minimum atomic E-state index is -3.28. The lowest BCUT2D eigenvalue weighted by molar-refractivity contribution is 0.0469. The van der Waals surface area contributed by atoms with Gasteiger partial charge in [-0.1, -0.05) is 24.3 Å². The van der Waals surface area contributed by atoms with Crippen LogP contribution in [0.4, 0.5) is 11.4 Å². The molecule has 1 unspecified atom stereocenters. The van der Waals surface area contributed by atoms with Crippen LogP contribution in [0.15, 0.2) is 60.0 Å². The molecule has 0 radical (unpaired) electrons. The standard InChI is InChI=1S/C25H29N2O5PS/c1-30-33(29,32-16-18-10-12-31-13-11-18)17-19-4-6-20(7-5-19)25(28)27-23-15-21(8-9-22(23)26)24-3-2-14-34-24/h2-9,14-15,18H,10-13,16-17,26H2,1H3,(H,27,28). The van der Waals surface area contributed by atoms with E-state index >= 15 is 0 Å². The molecule has 1 fully saturated rings. The zero-order valence-corrected chi connectivity index (χ0v) is 20.8. The Kier molecular flexibility index (Phi) is 8.19. The van der Waals surface area contributed by atoms with E-state index in [-0.39, 0.29) is 12.1 Å². The molecule has 2 heterocycles. The summed E-state index contributed by atoms with van der Waals surface area (Å²) in [6.07, 6.45) is 1.94. The molecule has 9 heteroatoms. The molecule has 0 bridgehead atoms. The molecule has 1 saturated heterocycles. The van der Waals surface area contributed by atoms with E-state index in [9.17, 15) is 9.36 Å². The molecule has 4 rings (SSSR count). The highest BCUT2D eigenvalue weighted by Gasteiger charge is 2.26. The van der Waals surface area contributed by atoms with E-state index in [1.165, 1.54) is 7.11 Å². The van der Waals surface area contributed by atoms with E-state index in [0.29, 0.717) is 42.7 Å². The highest BCUT2D eigenvalue weighted by atomic mass is 32.1. The molecule has 3 aromatic rings. The first kappa shape index (κ1) is 24.6. The fraction of sp³-hybridized carbons (Fsp3) is 0.320. The number of hydrogen-bond donors (Lipinski definition) is 2. The van der Waals surface area contributed by atoms with E-state index in [1.54, 1.807) is 41.7 Å². The average molecular weight is 501 g/mol. The van der Waals surface area contributed by atoms with Gasteiger partial charge in [-0.15, -0.1) is 11.3 Å². The summed E-state index contributed by atoms with van der Waals surface area (Å²) >= 11 is 1.62. The van der Waals surface area contributed by atoms with E-state index in [0.717, 1.165) is 28.8 Å². The predicted octanol–water partition coefficient (Wildman–Crippen LogP) is 6.03. The number of hydrogen-bond acceptors (Lipinski definition) is 7. The number of ether oxygens (including phenoxy) is 1. The quantitative estimate of drug-likeness (QED) is 0.275. The molecule has 3 N–H and O–H groups in total. The lowest BCUT2D eigenvalue weighted by atomic mass is 10.0. The number of carbonyl (C=O) groups is 1. The van der Waals surface area contributed by atoms with Gasteiger partial charge in [-0.2, -0.15) is 0 Å². The van der Waals surface area contributed by atoms with Crippen molar-refractivity contribution in [2.75, 3.05) is 38.0 Å². The maximum atomic E-state index is 13.1. The average Bonchev–Trinajstić information content (AvgIpc) is 3.40. The van der Waals surface area contributed by atoms with Gasteiger partial charge in [0.05, 0.1) is 24.1 Å². The summed E-state index contributed by atoms with van der Waals surface area (Å²) in [5.74, 6) is 0.0568. The lowest BCUT2D eigenvalue weighted by Gasteiger charge is -2.24. The maximum absolute atomic E-state index is 13.1. The Bertz CT molecular complexity index is 1140. The first-order valence-electron chi connectivity index (χ1n) is 11.2. The highest BCUT2D eigenvalue weighted by Crippen LogP contribution is 2.51. The number of anilines is 2. The van der Waals surface area contributed by atoms with Crippen molar-refractivity contribution in [2.45, 2.75) is 19.0 Å². The number of nitrogen functional groups attached to an aromatic ring is 1. The van der Waals surface area contributed by atoms with Gasteiger partial charge >= 0.3 is 7.60 Å². The topological polar surface area (TPSA) is 99.9 Å². The van der Waals surface area contributed by atoms with Crippen LogP contribution >= 0.6 is 18.9 Å². The number of rotatable bonds is 9. The maximum Gasteiger partial charge on any atom is 0.334 e. The smallest absolute Gasteiger partial charge is 0.334 e. The number of nitrogens with one attached hydrogen (secondary N) is 1. The molecule has 1 aliphatic rings. The van der Waals surface area contributed by atoms with Crippen LogP contribution in [-0.2, 0) is 24.5 Å². The Morgan fingerprint density at radius 3 is 2.62 bits per heavy atom. The van der Waals surface area contributed by atoms with Crippen molar-refractivity contribution < 1.29 is 23.1 Å². The molecule has 1 atom stereocenters. The summed E-state index contributed by atoms with van der Waals surface area (Å²) in [5.41, 5.74) is 9.37. The molecular weight excluding hydrogens is 471 g/mol. The Morgan fingerprint density at radius 2 is 1.94 bits per heavy atom. The molecule has 1 amide bonds. The third-order valence-corrected chi connectivity index (χ3v) is 8.60. The zero-order chi connectivity index (χ0) is 24.0. The van der Waals surface area contributed by atoms with Gasteiger partial charge in [0.2, 0.25) is 0 Å². The van der Waals surface area contributed by atoms with Crippen LogP contribution < -0.4 is 11.1 Å². The molecule has 1 aromatic heterocycles. The fourth-order valence-electron chi connectivity index (χ4n) is 3.74. The van der Waals surface area contributed by atoms with Gasteiger partial charge in [0.1, 0.15) is 0 Å². The van der Waals surface area contributed by atoms with Crippen molar-refractivity contribution in [1.29, 1.82) is 0 Å². The van der Waals surface area contributed by atoms with Crippen LogP contribution in [-0.4, -0.2) is 32.8 Å². The SMILES string of the molecule is COP(=O)(Cc1ccc(C(=O)Nc2cc(-c3cccs3)ccc2N)cc1)OCC1CCOCC1. The van der Waals surface area contributed by atoms with Crippen LogP contribution in [0, 0.1) is 5.92 Å². The zero-order valence-electron chi connectivity index (χ0n) is 19.1. The van der Waals surface area contributed by atoms with Gasteiger partial charge < -0.3 is 24.8 Å². The van der Waals surface area contributed by atoms with Crippen molar-refractivity contribution in [3.8, 4) is 10.4 Å². The van der Waals surface area contributed by atoms with E-state index in [1.807, 2.05) is 29.6 Å². The summed E-state index contributed by atoms with van der Waals surface area (Å²) in [6.45, 7) is 1.80. The second-order valence-electron chi connectivity index (χ2n) is 8.23. The number of thiophene rings is 1. The second-order valence-corrected chi connectivity index (χ2v) is 11.3. The van der Waals surface area contributed by atoms with Crippen LogP contribution in [0.5, 0.6) is 0 Å². The van der Waals surface area contributed by atoms with Crippen molar-refractivity contribution in [2.24, 2.45) is 5.92 Å². The fourth-order valence-corrected chi connectivity index (χ4v) is 5.88. The van der Waals surface area contributed by atoms with Crippen LogP contribution in [0.1, 0.15) is 28.8 Å². The number of amides is 1. The largest absolute Gasteiger partial charge is 0.397 e. The summed E-state index contributed by atoms with van der Waals surface area (Å²) < 4.78 is 29.4. The van der Waals surface area contributed by atoms with Crippen LogP contribution in [0.25, 0.3) is 10.4 Å². The molecule has 0 spiro atoms. The third-order valence-electron chi connectivity index (χ3n) is 5.83. The molecule has 2 aromatic carbocycles. The molecular formula is C25H29N2O5PS. The third kappa shape index (κ3) is 6.34. The van der Waals surface area contributed by atoms with Crippen molar-refractivity contribution in [1.82, 2.24) is 0 Å². The predicted molar refractivity (Wildman–Crippen MR) is 136 cm³/mol. The van der Waals surface area contributed by atoms with Gasteiger partial charge in [0, 0.05) is 30.8 Å². The van der Waals surface area contributed by atoms with E-state index in [2.05, 4.69) is 5.32 Å². The van der Waals surface area contributed by atoms with Crippen LogP contribution in [0.3, 0.4) is 0 Å². The Labute approximate surface area is 203 Å². The van der Waals surface area contributed by atoms with Gasteiger partial charge in [0.25, 0.3) is 5.91 Å². The van der Waals surface area contributed by atoms with E-state index < -0.39 is 7.60 Å². The molecule has 180 valence electrons. The summed E-state index contributed by atoms with van der Waals surface area (Å²) in [6, 6.07) is 16.5. The van der Waals surface area contributed by atoms with Gasteiger partial charge in [0.15, 0.2) is 0 Å². The molecule has 34 heavy (non-hydrogen) atoms. The van der Waals surface area contributed by atoms with Gasteiger partial charge in [-0.25, -0.2) is 0 Å². The number of carbonyl (C=O) groups excluding carboxylic acids is 1. The normalized spacial score (nSPS) is 16.1. The monoisotopic (exact) mass is 500 g/mol. The van der Waals surface area contributed by atoms with Crippen molar-refractivity contribution in [3.63, 3.8) is 0 Å². The summed E-state index contributed by atoms with van der Waals surface area (Å²) in [5, 5.41) is 4.89. The van der Waals surface area contributed by atoms with E-state index in [4.69, 9.17) is 19.5 Å². The molecule has 0 saturated carbocycles. The highest BCUT2D eigenvalue weighted by molar-refractivity contribution is 7.53. The van der Waals surface area contributed by atoms with Crippen molar-refractivity contribution in [3.05, 3.63) is 71.1 Å². The Balaban J connectivity index is 1.38. The first-order chi connectivity index (χ1) is 16.5. The lowest BCUT2D eigenvalue weighted by Crippen LogP contribution is -2.20. The van der Waals surface area contributed by atoms with Crippen LogP contribution in [0.2, 0.25) is 0 Å².